The van der Waals surface area contributed by atoms with Crippen LogP contribution in [0.15, 0.2) is 41.3 Å². The van der Waals surface area contributed by atoms with Crippen LogP contribution in [0, 0.1) is 0 Å². The molecule has 0 radical (unpaired) electrons. The first-order chi connectivity index (χ1) is 9.62. The van der Waals surface area contributed by atoms with Crippen molar-refractivity contribution >= 4 is 28.4 Å². The fourth-order valence-electron chi connectivity index (χ4n) is 2.01. The van der Waals surface area contributed by atoms with Crippen LogP contribution in [0.2, 0.25) is 0 Å². The van der Waals surface area contributed by atoms with E-state index in [0.717, 1.165) is 12.1 Å². The Morgan fingerprint density at radius 3 is 2.33 bits per heavy atom. The molecule has 0 aliphatic heterocycles. The highest BCUT2D eigenvalue weighted by Crippen LogP contribution is 2.53. The molecular formula is C13H9F5OS2. The Balaban J connectivity index is 2.70. The van der Waals surface area contributed by atoms with E-state index in [1.807, 2.05) is 0 Å². The number of hydrogen-bond donors (Lipinski definition) is 1. The van der Waals surface area contributed by atoms with Gasteiger partial charge in [-0.1, -0.05) is 36.5 Å². The third-order valence-electron chi connectivity index (χ3n) is 3.08. The topological polar surface area (TPSA) is 20.2 Å². The second-order valence-electron chi connectivity index (χ2n) is 4.40. The molecule has 1 heterocycles. The van der Waals surface area contributed by atoms with Crippen LogP contribution in [0.3, 0.4) is 0 Å². The second kappa shape index (κ2) is 5.26. The quantitative estimate of drug-likeness (QED) is 0.650. The van der Waals surface area contributed by atoms with E-state index in [4.69, 9.17) is 12.2 Å². The van der Waals surface area contributed by atoms with E-state index >= 15 is 0 Å². The summed E-state index contributed by atoms with van der Waals surface area (Å²) in [4.78, 5) is -0.647. The summed E-state index contributed by atoms with van der Waals surface area (Å²) in [6, 6.07) is 2.33. The number of aliphatic hydroxyl groups is 1. The van der Waals surface area contributed by atoms with Gasteiger partial charge >= 0.3 is 12.1 Å². The molecule has 2 rings (SSSR count). The number of halogens is 5. The average Bonchev–Trinajstić information content (AvgIpc) is 2.91. The Labute approximate surface area is 126 Å². The molecule has 21 heavy (non-hydrogen) atoms. The van der Waals surface area contributed by atoms with Crippen LogP contribution < -0.4 is 0 Å². The standard InChI is InChI=1S/C13H9F5OS2/c14-12(15,13(16,17)18)11(19,10-6-3-7-21-10)8-4-1-2-5-9(8)20/h1-4,6-7,19H,5H2. The summed E-state index contributed by atoms with van der Waals surface area (Å²) in [5.41, 5.74) is -4.12. The fourth-order valence-corrected chi connectivity index (χ4v) is 3.19. The first-order valence-electron chi connectivity index (χ1n) is 5.73. The lowest BCUT2D eigenvalue weighted by atomic mass is 9.80. The molecule has 1 aromatic heterocycles. The van der Waals surface area contributed by atoms with Crippen LogP contribution in [0.5, 0.6) is 0 Å². The molecule has 1 unspecified atom stereocenters. The van der Waals surface area contributed by atoms with Crippen molar-refractivity contribution in [2.75, 3.05) is 0 Å². The molecule has 0 amide bonds. The zero-order valence-electron chi connectivity index (χ0n) is 10.3. The van der Waals surface area contributed by atoms with Crippen LogP contribution in [0.1, 0.15) is 11.3 Å². The maximum atomic E-state index is 14.0. The Bertz CT molecular complexity index is 601. The fraction of sp³-hybridized carbons (Fsp3) is 0.308. The van der Waals surface area contributed by atoms with Gasteiger partial charge in [-0.3, -0.25) is 0 Å². The van der Waals surface area contributed by atoms with E-state index in [-0.39, 0.29) is 11.3 Å². The van der Waals surface area contributed by atoms with Crippen molar-refractivity contribution in [3.8, 4) is 0 Å². The molecule has 0 saturated carbocycles. The molecule has 0 saturated heterocycles. The zero-order chi connectivity index (χ0) is 15.9. The van der Waals surface area contributed by atoms with Gasteiger partial charge in [0.15, 0.2) is 5.60 Å². The third-order valence-corrected chi connectivity index (χ3v) is 4.45. The number of thiophene rings is 1. The van der Waals surface area contributed by atoms with Crippen LogP contribution >= 0.6 is 23.6 Å². The van der Waals surface area contributed by atoms with Crippen LogP contribution in [-0.4, -0.2) is 22.1 Å². The van der Waals surface area contributed by atoms with E-state index in [1.54, 1.807) is 0 Å². The highest BCUT2D eigenvalue weighted by molar-refractivity contribution is 7.80. The summed E-state index contributed by atoms with van der Waals surface area (Å²) in [5.74, 6) is -5.37. The van der Waals surface area contributed by atoms with E-state index in [9.17, 15) is 27.1 Å². The monoisotopic (exact) mass is 340 g/mol. The van der Waals surface area contributed by atoms with Gasteiger partial charge in [-0.2, -0.15) is 22.0 Å². The normalized spacial score (nSPS) is 19.3. The third kappa shape index (κ3) is 2.45. The van der Waals surface area contributed by atoms with Crippen molar-refractivity contribution in [3.63, 3.8) is 0 Å². The molecule has 114 valence electrons. The van der Waals surface area contributed by atoms with Crippen molar-refractivity contribution in [2.24, 2.45) is 0 Å². The Morgan fingerprint density at radius 1 is 1.19 bits per heavy atom. The first-order valence-corrected chi connectivity index (χ1v) is 7.02. The summed E-state index contributed by atoms with van der Waals surface area (Å²) in [5, 5.41) is 11.7. The smallest absolute Gasteiger partial charge is 0.374 e. The van der Waals surface area contributed by atoms with Crippen molar-refractivity contribution in [2.45, 2.75) is 24.1 Å². The number of thiocarbonyl (C=S) groups is 1. The molecule has 1 aliphatic rings. The molecule has 1 atom stereocenters. The van der Waals surface area contributed by atoms with Gasteiger partial charge in [0.25, 0.3) is 0 Å². The van der Waals surface area contributed by atoms with E-state index in [1.165, 1.54) is 23.6 Å². The van der Waals surface area contributed by atoms with Crippen LogP contribution in [0.4, 0.5) is 22.0 Å². The number of allylic oxidation sites excluding steroid dienone is 3. The lowest BCUT2D eigenvalue weighted by Crippen LogP contribution is -2.56. The minimum absolute atomic E-state index is 0.0305. The average molecular weight is 340 g/mol. The number of alkyl halides is 5. The molecular weight excluding hydrogens is 331 g/mol. The molecule has 1 aliphatic carbocycles. The summed E-state index contributed by atoms with van der Waals surface area (Å²) in [7, 11) is 0. The summed E-state index contributed by atoms with van der Waals surface area (Å²) >= 11 is 5.48. The number of rotatable bonds is 3. The van der Waals surface area contributed by atoms with Gasteiger partial charge in [0, 0.05) is 21.7 Å². The maximum absolute atomic E-state index is 14.0. The van der Waals surface area contributed by atoms with Gasteiger partial charge in [-0.05, 0) is 11.4 Å². The van der Waals surface area contributed by atoms with Crippen molar-refractivity contribution in [1.29, 1.82) is 0 Å². The molecule has 1 aromatic rings. The SMILES string of the molecule is OC(C1=CC=CCC1=S)(c1cccs1)C(F)(F)C(F)(F)F. The van der Waals surface area contributed by atoms with Gasteiger partial charge in [0.2, 0.25) is 0 Å². The molecule has 0 bridgehead atoms. The summed E-state index contributed by atoms with van der Waals surface area (Å²) in [6.45, 7) is 0. The second-order valence-corrected chi connectivity index (χ2v) is 5.84. The van der Waals surface area contributed by atoms with Gasteiger partial charge in [-0.25, -0.2) is 0 Å². The van der Waals surface area contributed by atoms with Crippen molar-refractivity contribution < 1.29 is 27.1 Å². The highest BCUT2D eigenvalue weighted by Gasteiger charge is 2.72. The van der Waals surface area contributed by atoms with Gasteiger partial charge in [0.05, 0.1) is 0 Å². The molecule has 0 aromatic carbocycles. The minimum atomic E-state index is -5.91. The molecule has 8 heteroatoms. The summed E-state index contributed by atoms with van der Waals surface area (Å²) < 4.78 is 66.4. The van der Waals surface area contributed by atoms with E-state index in [2.05, 4.69) is 0 Å². The summed E-state index contributed by atoms with van der Waals surface area (Å²) in [6.07, 6.45) is -2.06. The zero-order valence-corrected chi connectivity index (χ0v) is 12.0. The lowest BCUT2D eigenvalue weighted by Gasteiger charge is -2.38. The van der Waals surface area contributed by atoms with Crippen molar-refractivity contribution in [1.82, 2.24) is 0 Å². The van der Waals surface area contributed by atoms with Crippen LogP contribution in [-0.2, 0) is 5.60 Å². The van der Waals surface area contributed by atoms with E-state index < -0.39 is 28.2 Å². The molecule has 0 fully saturated rings. The molecule has 1 N–H and O–H groups in total. The van der Waals surface area contributed by atoms with Gasteiger partial charge in [0.1, 0.15) is 0 Å². The molecule has 1 nitrogen and oxygen atoms in total. The van der Waals surface area contributed by atoms with Gasteiger partial charge < -0.3 is 5.11 Å². The largest absolute Gasteiger partial charge is 0.457 e. The first kappa shape index (κ1) is 16.3. The highest BCUT2D eigenvalue weighted by atomic mass is 32.1. The maximum Gasteiger partial charge on any atom is 0.457 e. The molecule has 0 spiro atoms. The van der Waals surface area contributed by atoms with Crippen LogP contribution in [0.25, 0.3) is 0 Å². The Morgan fingerprint density at radius 2 is 1.86 bits per heavy atom. The Hall–Kier alpha value is -1.12. The van der Waals surface area contributed by atoms with Gasteiger partial charge in [-0.15, -0.1) is 11.3 Å². The predicted molar refractivity (Wildman–Crippen MR) is 73.7 cm³/mol. The Kier molecular flexibility index (Phi) is 4.07. The van der Waals surface area contributed by atoms with E-state index in [0.29, 0.717) is 11.3 Å². The number of hydrogen-bond acceptors (Lipinski definition) is 3. The minimum Gasteiger partial charge on any atom is -0.374 e. The lowest BCUT2D eigenvalue weighted by molar-refractivity contribution is -0.335. The van der Waals surface area contributed by atoms with Crippen molar-refractivity contribution in [3.05, 3.63) is 46.2 Å². The predicted octanol–water partition coefficient (Wildman–Crippen LogP) is 4.39.